The minimum absolute atomic E-state index is 0.271. The fourth-order valence-corrected chi connectivity index (χ4v) is 2.38. The van der Waals surface area contributed by atoms with Crippen LogP contribution in [0.2, 0.25) is 0 Å². The number of anilines is 1. The fourth-order valence-electron chi connectivity index (χ4n) is 2.38. The Bertz CT molecular complexity index is 707. The first-order valence-corrected chi connectivity index (χ1v) is 7.11. The Labute approximate surface area is 128 Å². The number of rotatable bonds is 4. The Morgan fingerprint density at radius 1 is 1.23 bits per heavy atom. The summed E-state index contributed by atoms with van der Waals surface area (Å²) in [4.78, 5) is 17.7. The summed E-state index contributed by atoms with van der Waals surface area (Å²) < 4.78 is 13.0. The molecule has 0 radical (unpaired) electrons. The average molecular weight is 297 g/mol. The molecule has 2 aromatic rings. The van der Waals surface area contributed by atoms with Crippen LogP contribution in [0.4, 0.5) is 10.1 Å². The van der Waals surface area contributed by atoms with Gasteiger partial charge in [0.05, 0.1) is 0 Å². The number of hydrogen-bond donors (Lipinski definition) is 1. The van der Waals surface area contributed by atoms with E-state index in [0.717, 1.165) is 30.4 Å². The highest BCUT2D eigenvalue weighted by Gasteiger charge is 2.09. The molecule has 2 heterocycles. The van der Waals surface area contributed by atoms with Crippen molar-refractivity contribution in [3.05, 3.63) is 71.8 Å². The maximum Gasteiger partial charge on any atom is 0.251 e. The second-order valence-electron chi connectivity index (χ2n) is 5.10. The van der Waals surface area contributed by atoms with Crippen molar-refractivity contribution in [3.8, 4) is 0 Å². The maximum atomic E-state index is 13.0. The van der Waals surface area contributed by atoms with E-state index in [4.69, 9.17) is 0 Å². The Morgan fingerprint density at radius 2 is 2.05 bits per heavy atom. The molecule has 5 heteroatoms. The molecule has 0 unspecified atom stereocenters. The Hall–Kier alpha value is -2.69. The first-order chi connectivity index (χ1) is 10.7. The van der Waals surface area contributed by atoms with Crippen LogP contribution >= 0.6 is 0 Å². The molecule has 0 fully saturated rings. The Kier molecular flexibility index (Phi) is 4.14. The van der Waals surface area contributed by atoms with Gasteiger partial charge in [-0.15, -0.1) is 0 Å². The van der Waals surface area contributed by atoms with Gasteiger partial charge in [0.2, 0.25) is 5.95 Å². The molecule has 4 nitrogen and oxygen atoms in total. The van der Waals surface area contributed by atoms with Crippen molar-refractivity contribution >= 4 is 11.6 Å². The molecule has 3 rings (SSSR count). The van der Waals surface area contributed by atoms with Gasteiger partial charge < -0.3 is 10.2 Å². The van der Waals surface area contributed by atoms with Gasteiger partial charge in [-0.05, 0) is 23.8 Å². The summed E-state index contributed by atoms with van der Waals surface area (Å²) >= 11 is 0. The zero-order chi connectivity index (χ0) is 15.4. The lowest BCUT2D eigenvalue weighted by Crippen LogP contribution is -2.23. The highest BCUT2D eigenvalue weighted by molar-refractivity contribution is 5.93. The van der Waals surface area contributed by atoms with E-state index in [1.54, 1.807) is 0 Å². The van der Waals surface area contributed by atoms with Gasteiger partial charge in [-0.3, -0.25) is 4.79 Å². The average Bonchev–Trinajstić information content (AvgIpc) is 3.07. The Morgan fingerprint density at radius 3 is 2.82 bits per heavy atom. The van der Waals surface area contributed by atoms with E-state index in [-0.39, 0.29) is 11.5 Å². The van der Waals surface area contributed by atoms with E-state index in [1.165, 1.54) is 12.3 Å². The fraction of sp³-hybridized carbons (Fsp3) is 0.176. The van der Waals surface area contributed by atoms with Crippen LogP contribution in [0, 0.1) is 5.95 Å². The van der Waals surface area contributed by atoms with Crippen molar-refractivity contribution < 1.29 is 9.18 Å². The van der Waals surface area contributed by atoms with Crippen LogP contribution < -0.4 is 10.2 Å². The van der Waals surface area contributed by atoms with Crippen molar-refractivity contribution in [1.82, 2.24) is 10.3 Å². The van der Waals surface area contributed by atoms with Gasteiger partial charge >= 0.3 is 0 Å². The van der Waals surface area contributed by atoms with Gasteiger partial charge in [-0.1, -0.05) is 24.3 Å². The summed E-state index contributed by atoms with van der Waals surface area (Å²) in [5.74, 6) is -0.967. The number of carbonyl (C=O) groups excluding carboxylic acids is 1. The van der Waals surface area contributed by atoms with Gasteiger partial charge in [-0.25, -0.2) is 4.98 Å². The number of nitrogens with one attached hydrogen (secondary N) is 1. The van der Waals surface area contributed by atoms with E-state index in [9.17, 15) is 9.18 Å². The smallest absolute Gasteiger partial charge is 0.251 e. The third kappa shape index (κ3) is 3.31. The molecule has 1 aromatic heterocycles. The molecule has 1 aromatic carbocycles. The topological polar surface area (TPSA) is 45.2 Å². The summed E-state index contributed by atoms with van der Waals surface area (Å²) in [6.07, 6.45) is 5.55. The number of nitrogens with zero attached hydrogens (tertiary/aromatic N) is 2. The summed E-state index contributed by atoms with van der Waals surface area (Å²) in [6, 6.07) is 10.7. The lowest BCUT2D eigenvalue weighted by atomic mass is 10.1. The van der Waals surface area contributed by atoms with E-state index in [0.29, 0.717) is 6.54 Å². The molecule has 1 N–H and O–H groups in total. The van der Waals surface area contributed by atoms with E-state index in [2.05, 4.69) is 39.5 Å². The van der Waals surface area contributed by atoms with Gasteiger partial charge in [0.15, 0.2) is 0 Å². The molecular weight excluding hydrogens is 281 g/mol. The zero-order valence-electron chi connectivity index (χ0n) is 12.0. The van der Waals surface area contributed by atoms with Crippen LogP contribution in [0.5, 0.6) is 0 Å². The molecular formula is C17H16FN3O. The van der Waals surface area contributed by atoms with E-state index < -0.39 is 5.95 Å². The summed E-state index contributed by atoms with van der Waals surface area (Å²) in [5, 5.41) is 2.79. The summed E-state index contributed by atoms with van der Waals surface area (Å²) in [7, 11) is 0. The van der Waals surface area contributed by atoms with Crippen molar-refractivity contribution in [2.24, 2.45) is 0 Å². The second-order valence-corrected chi connectivity index (χ2v) is 5.10. The maximum absolute atomic E-state index is 13.0. The molecule has 0 saturated heterocycles. The number of pyridine rings is 1. The van der Waals surface area contributed by atoms with Gasteiger partial charge in [0.25, 0.3) is 5.91 Å². The number of amides is 1. The minimum Gasteiger partial charge on any atom is -0.364 e. The third-order valence-corrected chi connectivity index (χ3v) is 3.54. The predicted octanol–water partition coefficient (Wildman–Crippen LogP) is 2.53. The quantitative estimate of drug-likeness (QED) is 0.697. The largest absolute Gasteiger partial charge is 0.364 e. The summed E-state index contributed by atoms with van der Waals surface area (Å²) in [6.45, 7) is 2.22. The van der Waals surface area contributed by atoms with E-state index in [1.807, 2.05) is 12.1 Å². The highest BCUT2D eigenvalue weighted by atomic mass is 19.1. The van der Waals surface area contributed by atoms with E-state index >= 15 is 0 Å². The zero-order valence-corrected chi connectivity index (χ0v) is 12.0. The number of hydrogen-bond acceptors (Lipinski definition) is 3. The van der Waals surface area contributed by atoms with Crippen LogP contribution in [0.1, 0.15) is 15.9 Å². The number of carbonyl (C=O) groups is 1. The van der Waals surface area contributed by atoms with Crippen molar-refractivity contribution in [3.63, 3.8) is 0 Å². The third-order valence-electron chi connectivity index (χ3n) is 3.54. The number of benzene rings is 1. The lowest BCUT2D eigenvalue weighted by Gasteiger charge is -2.18. The molecule has 0 spiro atoms. The second kappa shape index (κ2) is 6.39. The lowest BCUT2D eigenvalue weighted by molar-refractivity contribution is 0.0950. The van der Waals surface area contributed by atoms with Gasteiger partial charge in [-0.2, -0.15) is 4.39 Å². The minimum atomic E-state index is -0.656. The SMILES string of the molecule is O=C(NCc1cccc(N2CC=CC2)c1)c1ccnc(F)c1. The van der Waals surface area contributed by atoms with Crippen LogP contribution in [-0.2, 0) is 6.54 Å². The van der Waals surface area contributed by atoms with Gasteiger partial charge in [0.1, 0.15) is 0 Å². The number of aromatic nitrogens is 1. The predicted molar refractivity (Wildman–Crippen MR) is 83.2 cm³/mol. The Balaban J connectivity index is 1.64. The molecule has 1 aliphatic rings. The first kappa shape index (κ1) is 14.3. The van der Waals surface area contributed by atoms with Gasteiger partial charge in [0, 0.05) is 43.1 Å². The standard InChI is InChI=1S/C17H16FN3O/c18-16-11-14(6-7-19-16)17(22)20-12-13-4-3-5-15(10-13)21-8-1-2-9-21/h1-7,10-11H,8-9,12H2,(H,20,22). The van der Waals surface area contributed by atoms with Crippen molar-refractivity contribution in [2.45, 2.75) is 6.54 Å². The molecule has 0 atom stereocenters. The highest BCUT2D eigenvalue weighted by Crippen LogP contribution is 2.18. The molecule has 22 heavy (non-hydrogen) atoms. The monoisotopic (exact) mass is 297 g/mol. The first-order valence-electron chi connectivity index (χ1n) is 7.11. The molecule has 0 saturated carbocycles. The normalized spacial score (nSPS) is 13.4. The van der Waals surface area contributed by atoms with Crippen LogP contribution in [0.25, 0.3) is 0 Å². The molecule has 1 aliphatic heterocycles. The molecule has 1 amide bonds. The van der Waals surface area contributed by atoms with Crippen LogP contribution in [-0.4, -0.2) is 24.0 Å². The molecule has 0 aliphatic carbocycles. The van der Waals surface area contributed by atoms with Crippen molar-refractivity contribution in [1.29, 1.82) is 0 Å². The van der Waals surface area contributed by atoms with Crippen LogP contribution in [0.3, 0.4) is 0 Å². The van der Waals surface area contributed by atoms with Crippen molar-refractivity contribution in [2.75, 3.05) is 18.0 Å². The molecule has 0 bridgehead atoms. The molecule has 112 valence electrons. The summed E-state index contributed by atoms with van der Waals surface area (Å²) in [5.41, 5.74) is 2.41. The van der Waals surface area contributed by atoms with Crippen LogP contribution in [0.15, 0.2) is 54.7 Å². The number of halogens is 1.